The van der Waals surface area contributed by atoms with Crippen LogP contribution in [0, 0.1) is 0 Å². The third-order valence-electron chi connectivity index (χ3n) is 4.49. The molecule has 0 aliphatic heterocycles. The number of benzene rings is 3. The van der Waals surface area contributed by atoms with Crippen molar-refractivity contribution in [2.75, 3.05) is 12.3 Å². The predicted molar refractivity (Wildman–Crippen MR) is 118 cm³/mol. The zero-order chi connectivity index (χ0) is 21.2. The van der Waals surface area contributed by atoms with Gasteiger partial charge in [-0.05, 0) is 35.7 Å². The number of hydrogen-bond donors (Lipinski definition) is 1. The molecule has 6 heteroatoms. The molecule has 0 saturated heterocycles. The van der Waals surface area contributed by atoms with Gasteiger partial charge in [-0.3, -0.25) is 4.79 Å². The van der Waals surface area contributed by atoms with Crippen LogP contribution < -0.4 is 10.1 Å². The molecule has 3 aromatic rings. The van der Waals surface area contributed by atoms with Crippen LogP contribution in [0.4, 0.5) is 0 Å². The topological polar surface area (TPSA) is 72.5 Å². The largest absolute Gasteiger partial charge is 0.489 e. The third kappa shape index (κ3) is 7.04. The Labute approximate surface area is 177 Å². The van der Waals surface area contributed by atoms with Crippen molar-refractivity contribution in [2.45, 2.75) is 18.8 Å². The summed E-state index contributed by atoms with van der Waals surface area (Å²) in [6.45, 7) is 0.715. The molecule has 0 bridgehead atoms. The van der Waals surface area contributed by atoms with Crippen molar-refractivity contribution in [3.63, 3.8) is 0 Å². The Morgan fingerprint density at radius 2 is 1.50 bits per heavy atom. The van der Waals surface area contributed by atoms with Crippen LogP contribution in [0.5, 0.6) is 5.75 Å². The number of ether oxygens (including phenoxy) is 1. The van der Waals surface area contributed by atoms with Gasteiger partial charge in [-0.2, -0.15) is 0 Å². The van der Waals surface area contributed by atoms with E-state index in [1.54, 1.807) is 36.4 Å². The second-order valence-corrected chi connectivity index (χ2v) is 9.17. The van der Waals surface area contributed by atoms with Crippen molar-refractivity contribution < 1.29 is 17.9 Å². The van der Waals surface area contributed by atoms with Gasteiger partial charge in [0.15, 0.2) is 9.84 Å². The molecular formula is C24H25NO4S. The molecule has 0 heterocycles. The molecule has 0 saturated carbocycles. The Balaban J connectivity index is 1.44. The van der Waals surface area contributed by atoms with Crippen LogP contribution in [0.2, 0.25) is 0 Å². The number of amides is 1. The van der Waals surface area contributed by atoms with Crippen LogP contribution >= 0.6 is 0 Å². The van der Waals surface area contributed by atoms with Gasteiger partial charge in [-0.15, -0.1) is 0 Å². The van der Waals surface area contributed by atoms with E-state index in [2.05, 4.69) is 5.32 Å². The SMILES string of the molecule is O=C(NCCCS(=O)(=O)Cc1ccccc1)c1cccc(OCc2ccccc2)c1. The minimum atomic E-state index is -3.21. The van der Waals surface area contributed by atoms with E-state index >= 15 is 0 Å². The lowest BCUT2D eigenvalue weighted by Gasteiger charge is -2.09. The van der Waals surface area contributed by atoms with Gasteiger partial charge in [0.25, 0.3) is 5.91 Å². The van der Waals surface area contributed by atoms with Crippen LogP contribution in [0.3, 0.4) is 0 Å². The normalized spacial score (nSPS) is 11.1. The highest BCUT2D eigenvalue weighted by atomic mass is 32.2. The molecule has 0 radical (unpaired) electrons. The monoisotopic (exact) mass is 423 g/mol. The molecule has 0 fully saturated rings. The van der Waals surface area contributed by atoms with Crippen molar-refractivity contribution in [3.8, 4) is 5.75 Å². The molecule has 5 nitrogen and oxygen atoms in total. The highest BCUT2D eigenvalue weighted by molar-refractivity contribution is 7.90. The smallest absolute Gasteiger partial charge is 0.251 e. The van der Waals surface area contributed by atoms with Gasteiger partial charge in [-0.1, -0.05) is 66.7 Å². The number of rotatable bonds is 10. The summed E-state index contributed by atoms with van der Waals surface area (Å²) in [5, 5.41) is 2.78. The first-order valence-corrected chi connectivity index (χ1v) is 11.6. The molecule has 0 atom stereocenters. The summed E-state index contributed by atoms with van der Waals surface area (Å²) in [7, 11) is -3.21. The first-order chi connectivity index (χ1) is 14.5. The number of sulfone groups is 1. The van der Waals surface area contributed by atoms with Crippen LogP contribution in [-0.4, -0.2) is 26.6 Å². The molecular weight excluding hydrogens is 398 g/mol. The maximum Gasteiger partial charge on any atom is 0.251 e. The summed E-state index contributed by atoms with van der Waals surface area (Å²) < 4.78 is 30.2. The van der Waals surface area contributed by atoms with E-state index in [1.165, 1.54) is 0 Å². The molecule has 0 spiro atoms. The maximum atomic E-state index is 12.4. The quantitative estimate of drug-likeness (QED) is 0.500. The van der Waals surface area contributed by atoms with E-state index in [0.717, 1.165) is 11.1 Å². The Bertz CT molecular complexity index is 1050. The zero-order valence-electron chi connectivity index (χ0n) is 16.7. The van der Waals surface area contributed by atoms with Crippen LogP contribution in [0.1, 0.15) is 27.9 Å². The predicted octanol–water partition coefficient (Wildman–Crippen LogP) is 4.00. The van der Waals surface area contributed by atoms with E-state index < -0.39 is 9.84 Å². The van der Waals surface area contributed by atoms with E-state index in [-0.39, 0.29) is 17.4 Å². The van der Waals surface area contributed by atoms with Gasteiger partial charge < -0.3 is 10.1 Å². The number of carbonyl (C=O) groups excluding carboxylic acids is 1. The maximum absolute atomic E-state index is 12.4. The Morgan fingerprint density at radius 3 is 2.20 bits per heavy atom. The molecule has 156 valence electrons. The number of carbonyl (C=O) groups is 1. The van der Waals surface area contributed by atoms with Gasteiger partial charge in [0, 0.05) is 12.1 Å². The van der Waals surface area contributed by atoms with Crippen LogP contribution in [0.25, 0.3) is 0 Å². The summed E-state index contributed by atoms with van der Waals surface area (Å²) in [5.74, 6) is 0.405. The second kappa shape index (κ2) is 10.6. The minimum absolute atomic E-state index is 0.0165. The van der Waals surface area contributed by atoms with Crippen LogP contribution in [0.15, 0.2) is 84.9 Å². The molecule has 0 aliphatic rings. The fourth-order valence-electron chi connectivity index (χ4n) is 2.96. The average molecular weight is 424 g/mol. The molecule has 3 rings (SSSR count). The molecule has 0 aliphatic carbocycles. The molecule has 0 aromatic heterocycles. The zero-order valence-corrected chi connectivity index (χ0v) is 17.5. The summed E-state index contributed by atoms with van der Waals surface area (Å²) in [4.78, 5) is 12.4. The molecule has 3 aromatic carbocycles. The Hall–Kier alpha value is -3.12. The lowest BCUT2D eigenvalue weighted by Crippen LogP contribution is -2.26. The first-order valence-electron chi connectivity index (χ1n) is 9.81. The van der Waals surface area contributed by atoms with E-state index in [4.69, 9.17) is 4.74 Å². The third-order valence-corrected chi connectivity index (χ3v) is 6.18. The molecule has 30 heavy (non-hydrogen) atoms. The van der Waals surface area contributed by atoms with E-state index in [0.29, 0.717) is 30.9 Å². The summed E-state index contributed by atoms with van der Waals surface area (Å²) in [6, 6.07) is 25.8. The summed E-state index contributed by atoms with van der Waals surface area (Å²) >= 11 is 0. The van der Waals surface area contributed by atoms with Gasteiger partial charge in [0.1, 0.15) is 12.4 Å². The van der Waals surface area contributed by atoms with Crippen molar-refractivity contribution in [1.82, 2.24) is 5.32 Å². The van der Waals surface area contributed by atoms with Crippen LogP contribution in [-0.2, 0) is 22.2 Å². The minimum Gasteiger partial charge on any atom is -0.489 e. The fraction of sp³-hybridized carbons (Fsp3) is 0.208. The van der Waals surface area contributed by atoms with Crippen molar-refractivity contribution in [2.24, 2.45) is 0 Å². The van der Waals surface area contributed by atoms with Crippen molar-refractivity contribution in [1.29, 1.82) is 0 Å². The van der Waals surface area contributed by atoms with E-state index in [9.17, 15) is 13.2 Å². The lowest BCUT2D eigenvalue weighted by molar-refractivity contribution is 0.0953. The number of nitrogens with one attached hydrogen (secondary N) is 1. The lowest BCUT2D eigenvalue weighted by atomic mass is 10.2. The highest BCUT2D eigenvalue weighted by Crippen LogP contribution is 2.15. The summed E-state index contributed by atoms with van der Waals surface area (Å²) in [6.07, 6.45) is 0.366. The first kappa shape index (κ1) is 21.6. The van der Waals surface area contributed by atoms with Gasteiger partial charge in [0.05, 0.1) is 11.5 Å². The van der Waals surface area contributed by atoms with Gasteiger partial charge in [-0.25, -0.2) is 8.42 Å². The average Bonchev–Trinajstić information content (AvgIpc) is 2.76. The Morgan fingerprint density at radius 1 is 0.833 bits per heavy atom. The fourth-order valence-corrected chi connectivity index (χ4v) is 4.39. The molecule has 1 amide bonds. The van der Waals surface area contributed by atoms with Crippen molar-refractivity contribution in [3.05, 3.63) is 102 Å². The standard InChI is InChI=1S/C24H25NO4S/c26-24(25-15-8-16-30(27,28)19-21-11-5-2-6-12-21)22-13-7-14-23(17-22)29-18-20-9-3-1-4-10-20/h1-7,9-14,17H,8,15-16,18-19H2,(H,25,26). The highest BCUT2D eigenvalue weighted by Gasteiger charge is 2.12. The molecule has 1 N–H and O–H groups in total. The molecule has 0 unspecified atom stereocenters. The second-order valence-electron chi connectivity index (χ2n) is 6.99. The van der Waals surface area contributed by atoms with Gasteiger partial charge >= 0.3 is 0 Å². The summed E-state index contributed by atoms with van der Waals surface area (Å²) in [5.41, 5.74) is 2.30. The van der Waals surface area contributed by atoms with E-state index in [1.807, 2.05) is 48.5 Å². The Kier molecular flexibility index (Phi) is 7.63. The van der Waals surface area contributed by atoms with Gasteiger partial charge in [0.2, 0.25) is 0 Å². The number of hydrogen-bond acceptors (Lipinski definition) is 4. The van der Waals surface area contributed by atoms with Crippen molar-refractivity contribution >= 4 is 15.7 Å².